The summed E-state index contributed by atoms with van der Waals surface area (Å²) in [6.45, 7) is 6.09. The molecule has 1 saturated heterocycles. The van der Waals surface area contributed by atoms with Crippen LogP contribution < -0.4 is 16.4 Å². The number of hydrogen-bond donors (Lipinski definition) is 4. The van der Waals surface area contributed by atoms with Gasteiger partial charge in [-0.1, -0.05) is 13.8 Å². The number of nitrogens with two attached hydrogens (primary N) is 1. The molecule has 182 valence electrons. The van der Waals surface area contributed by atoms with Crippen LogP contribution in [0, 0.1) is 0 Å². The maximum atomic E-state index is 13.2. The number of amides is 2. The van der Waals surface area contributed by atoms with Gasteiger partial charge >= 0.3 is 0 Å². The van der Waals surface area contributed by atoms with Crippen LogP contribution >= 0.6 is 0 Å². The number of carbonyl (C=O) groups is 2. The quantitative estimate of drug-likeness (QED) is 0.455. The maximum Gasteiger partial charge on any atom is 0.276 e. The number of rotatable bonds is 4. The van der Waals surface area contributed by atoms with Crippen molar-refractivity contribution < 1.29 is 9.59 Å². The molecule has 2 aliphatic rings. The van der Waals surface area contributed by atoms with E-state index >= 15 is 0 Å². The van der Waals surface area contributed by atoms with Crippen LogP contribution in [0.25, 0.3) is 11.4 Å². The van der Waals surface area contributed by atoms with E-state index in [0.717, 1.165) is 37.1 Å². The predicted octanol–water partition coefficient (Wildman–Crippen LogP) is 2.36. The molecule has 10 nitrogen and oxygen atoms in total. The zero-order valence-electron chi connectivity index (χ0n) is 20.2. The molecule has 1 aromatic carbocycles. The Morgan fingerprint density at radius 3 is 2.57 bits per heavy atom. The number of likely N-dealkylation sites (tertiary alicyclic amines) is 1. The average molecular weight is 475 g/mol. The van der Waals surface area contributed by atoms with Gasteiger partial charge in [0.25, 0.3) is 11.8 Å². The van der Waals surface area contributed by atoms with Crippen molar-refractivity contribution in [3.63, 3.8) is 0 Å². The van der Waals surface area contributed by atoms with Crippen molar-refractivity contribution in [1.82, 2.24) is 30.4 Å². The number of hydrogen-bond acceptors (Lipinski definition) is 7. The van der Waals surface area contributed by atoms with Crippen molar-refractivity contribution in [3.05, 3.63) is 52.8 Å². The first kappa shape index (κ1) is 23.0. The number of fused-ring (bicyclic) bond motifs is 3. The molecule has 3 aromatic rings. The number of aromatic amines is 1. The third-order valence-corrected chi connectivity index (χ3v) is 6.87. The number of benzene rings is 1. The molecule has 2 amide bonds. The van der Waals surface area contributed by atoms with Crippen molar-refractivity contribution in [2.45, 2.75) is 44.6 Å². The van der Waals surface area contributed by atoms with Gasteiger partial charge in [-0.05, 0) is 74.6 Å². The van der Waals surface area contributed by atoms with Gasteiger partial charge in [0.1, 0.15) is 0 Å². The molecule has 1 aliphatic heterocycles. The van der Waals surface area contributed by atoms with E-state index in [1.807, 2.05) is 0 Å². The minimum absolute atomic E-state index is 0.0968. The Labute approximate surface area is 203 Å². The molecule has 10 heteroatoms. The van der Waals surface area contributed by atoms with Gasteiger partial charge in [0.05, 0.1) is 11.4 Å². The Bertz CT molecular complexity index is 1270. The monoisotopic (exact) mass is 474 g/mol. The van der Waals surface area contributed by atoms with Crippen LogP contribution in [0.3, 0.4) is 0 Å². The van der Waals surface area contributed by atoms with Crippen LogP contribution in [-0.2, 0) is 11.8 Å². The third kappa shape index (κ3) is 4.49. The Balaban J connectivity index is 1.31. The van der Waals surface area contributed by atoms with Gasteiger partial charge in [-0.3, -0.25) is 14.7 Å². The molecular formula is C25H30N8O2. The molecule has 0 spiro atoms. The van der Waals surface area contributed by atoms with Crippen LogP contribution in [0.5, 0.6) is 0 Å². The van der Waals surface area contributed by atoms with E-state index in [1.54, 1.807) is 30.5 Å². The summed E-state index contributed by atoms with van der Waals surface area (Å²) in [5.74, 6) is -0.250. The second kappa shape index (κ2) is 8.77. The molecule has 0 saturated carbocycles. The molecule has 0 unspecified atom stereocenters. The molecule has 0 radical (unpaired) electrons. The van der Waals surface area contributed by atoms with Crippen LogP contribution in [-0.4, -0.2) is 63.1 Å². The second-order valence-corrected chi connectivity index (χ2v) is 10.1. The summed E-state index contributed by atoms with van der Waals surface area (Å²) in [6, 6.07) is 7.10. The lowest BCUT2D eigenvalue weighted by Crippen LogP contribution is -2.43. The molecule has 0 atom stereocenters. The zero-order chi connectivity index (χ0) is 24.7. The lowest BCUT2D eigenvalue weighted by molar-refractivity contribution is 0.0916. The minimum atomic E-state index is -0.350. The number of nitrogens with zero attached hydrogens (tertiary/aromatic N) is 4. The average Bonchev–Trinajstić information content (AvgIpc) is 3.29. The molecule has 1 fully saturated rings. The van der Waals surface area contributed by atoms with Crippen molar-refractivity contribution in [2.75, 3.05) is 31.2 Å². The largest absolute Gasteiger partial charge is 0.368 e. The summed E-state index contributed by atoms with van der Waals surface area (Å²) in [5, 5.41) is 13.3. The smallest absolute Gasteiger partial charge is 0.276 e. The number of piperidine rings is 1. The minimum Gasteiger partial charge on any atom is -0.368 e. The van der Waals surface area contributed by atoms with Gasteiger partial charge in [-0.15, -0.1) is 0 Å². The van der Waals surface area contributed by atoms with E-state index in [2.05, 4.69) is 56.6 Å². The SMILES string of the molecule is CN1CCC(NC(=O)c2ccc(NC(=O)c3n[nH]c4c3C(C)(C)Cc3cnc(N)nc3-4)cc2)CC1. The Morgan fingerprint density at radius 1 is 1.14 bits per heavy atom. The summed E-state index contributed by atoms with van der Waals surface area (Å²) in [4.78, 5) is 36.6. The highest BCUT2D eigenvalue weighted by atomic mass is 16.2. The lowest BCUT2D eigenvalue weighted by Gasteiger charge is -2.31. The summed E-state index contributed by atoms with van der Waals surface area (Å²) in [6.07, 6.45) is 4.29. The van der Waals surface area contributed by atoms with Crippen LogP contribution in [0.15, 0.2) is 30.5 Å². The van der Waals surface area contributed by atoms with E-state index in [0.29, 0.717) is 34.8 Å². The molecular weight excluding hydrogens is 444 g/mol. The fraction of sp³-hybridized carbons (Fsp3) is 0.400. The number of anilines is 2. The van der Waals surface area contributed by atoms with E-state index in [4.69, 9.17) is 5.73 Å². The van der Waals surface area contributed by atoms with Crippen molar-refractivity contribution in [1.29, 1.82) is 0 Å². The molecule has 3 heterocycles. The highest BCUT2D eigenvalue weighted by molar-refractivity contribution is 6.05. The van der Waals surface area contributed by atoms with Gasteiger partial charge in [0.2, 0.25) is 5.95 Å². The standard InChI is InChI=1S/C25H30N8O2/c1-25(2)12-15-13-27-24(26)30-19(15)20-18(25)21(32-31-20)23(35)29-16-6-4-14(5-7-16)22(34)28-17-8-10-33(3)11-9-17/h4-7,13,17H,8-12H2,1-3H3,(H,28,34)(H,29,35)(H,31,32)(H2,26,27,30). The van der Waals surface area contributed by atoms with Crippen molar-refractivity contribution >= 4 is 23.5 Å². The normalized spacial score (nSPS) is 17.3. The molecule has 5 rings (SSSR count). The number of aromatic nitrogens is 4. The predicted molar refractivity (Wildman–Crippen MR) is 133 cm³/mol. The van der Waals surface area contributed by atoms with Crippen LogP contribution in [0.2, 0.25) is 0 Å². The van der Waals surface area contributed by atoms with Gasteiger partial charge in [0.15, 0.2) is 5.69 Å². The van der Waals surface area contributed by atoms with E-state index in [9.17, 15) is 9.59 Å². The third-order valence-electron chi connectivity index (χ3n) is 6.87. The Hall–Kier alpha value is -3.79. The van der Waals surface area contributed by atoms with Gasteiger partial charge in [-0.2, -0.15) is 5.10 Å². The fourth-order valence-corrected chi connectivity index (χ4v) is 4.98. The molecule has 35 heavy (non-hydrogen) atoms. The number of H-pyrrole nitrogens is 1. The first-order chi connectivity index (χ1) is 16.7. The highest BCUT2D eigenvalue weighted by Crippen LogP contribution is 2.42. The van der Waals surface area contributed by atoms with E-state index < -0.39 is 0 Å². The molecule has 2 aromatic heterocycles. The zero-order valence-corrected chi connectivity index (χ0v) is 20.2. The molecule has 5 N–H and O–H groups in total. The van der Waals surface area contributed by atoms with E-state index in [-0.39, 0.29) is 29.2 Å². The number of carbonyl (C=O) groups excluding carboxylic acids is 2. The summed E-state index contributed by atoms with van der Waals surface area (Å²) < 4.78 is 0. The summed E-state index contributed by atoms with van der Waals surface area (Å²) in [7, 11) is 2.09. The van der Waals surface area contributed by atoms with Gasteiger partial charge < -0.3 is 21.3 Å². The van der Waals surface area contributed by atoms with Gasteiger partial charge in [0, 0.05) is 29.1 Å². The summed E-state index contributed by atoms with van der Waals surface area (Å²) >= 11 is 0. The maximum absolute atomic E-state index is 13.2. The molecule has 1 aliphatic carbocycles. The number of nitrogen functional groups attached to an aromatic ring is 1. The van der Waals surface area contributed by atoms with E-state index in [1.165, 1.54) is 0 Å². The topological polar surface area (TPSA) is 142 Å². The number of nitrogens with one attached hydrogen (secondary N) is 3. The lowest BCUT2D eigenvalue weighted by atomic mass is 9.73. The first-order valence-corrected chi connectivity index (χ1v) is 11.8. The van der Waals surface area contributed by atoms with Crippen molar-refractivity contribution in [2.24, 2.45) is 0 Å². The Morgan fingerprint density at radius 2 is 1.86 bits per heavy atom. The molecule has 0 bridgehead atoms. The van der Waals surface area contributed by atoms with Gasteiger partial charge in [-0.25, -0.2) is 9.97 Å². The highest BCUT2D eigenvalue weighted by Gasteiger charge is 2.38. The second-order valence-electron chi connectivity index (χ2n) is 10.1. The first-order valence-electron chi connectivity index (χ1n) is 11.8. The van der Waals surface area contributed by atoms with Crippen LogP contribution in [0.1, 0.15) is 58.7 Å². The fourth-order valence-electron chi connectivity index (χ4n) is 4.98. The Kier molecular flexibility index (Phi) is 5.76. The summed E-state index contributed by atoms with van der Waals surface area (Å²) in [5.41, 5.74) is 10.0. The van der Waals surface area contributed by atoms with Crippen LogP contribution in [0.4, 0.5) is 11.6 Å². The van der Waals surface area contributed by atoms with Crippen molar-refractivity contribution in [3.8, 4) is 11.4 Å².